The maximum atomic E-state index is 12.7. The molecule has 1 heterocycles. The molecule has 1 aromatic heterocycles. The summed E-state index contributed by atoms with van der Waals surface area (Å²) in [6.07, 6.45) is -3.67. The van der Waals surface area contributed by atoms with E-state index in [2.05, 4.69) is 5.10 Å². The number of hydrogen-bond acceptors (Lipinski definition) is 3. The Morgan fingerprint density at radius 2 is 2.00 bits per heavy atom. The summed E-state index contributed by atoms with van der Waals surface area (Å²) in [5, 5.41) is 12.8. The van der Waals surface area contributed by atoms with Crippen LogP contribution < -0.4 is 0 Å². The second-order valence-electron chi connectivity index (χ2n) is 5.04. The van der Waals surface area contributed by atoms with Crippen LogP contribution >= 0.6 is 0 Å². The number of hydrogen-bond donors (Lipinski definition) is 1. The molecule has 8 heteroatoms. The molecule has 0 aliphatic heterocycles. The normalized spacial score (nSPS) is 12.6. The van der Waals surface area contributed by atoms with Crippen molar-refractivity contribution in [1.29, 1.82) is 0 Å². The van der Waals surface area contributed by atoms with Crippen molar-refractivity contribution < 1.29 is 23.1 Å². The molecule has 1 rings (SSSR count). The molecule has 1 amide bonds. The number of aliphatic hydroxyl groups is 1. The van der Waals surface area contributed by atoms with E-state index in [1.807, 2.05) is 0 Å². The highest BCUT2D eigenvalue weighted by Gasteiger charge is 2.39. The van der Waals surface area contributed by atoms with Crippen LogP contribution in [0.4, 0.5) is 13.2 Å². The molecule has 5 nitrogen and oxygen atoms in total. The van der Waals surface area contributed by atoms with Crippen LogP contribution in [0.1, 0.15) is 29.9 Å². The molecule has 0 radical (unpaired) electrons. The van der Waals surface area contributed by atoms with Crippen molar-refractivity contribution in [1.82, 2.24) is 14.7 Å². The van der Waals surface area contributed by atoms with Crippen LogP contribution in [0.2, 0.25) is 0 Å². The molecule has 19 heavy (non-hydrogen) atoms. The van der Waals surface area contributed by atoms with Crippen LogP contribution in [0.5, 0.6) is 0 Å². The van der Waals surface area contributed by atoms with E-state index in [-0.39, 0.29) is 6.54 Å². The second kappa shape index (κ2) is 4.84. The summed E-state index contributed by atoms with van der Waals surface area (Å²) < 4.78 is 39.1. The number of aryl methyl sites for hydroxylation is 1. The summed E-state index contributed by atoms with van der Waals surface area (Å²) in [6.45, 7) is 2.84. The summed E-state index contributed by atoms with van der Waals surface area (Å²) in [6, 6.07) is 0. The minimum Gasteiger partial charge on any atom is -0.389 e. The molecule has 0 aromatic carbocycles. The number of nitrogens with zero attached hydrogens (tertiary/aromatic N) is 3. The molecule has 0 aliphatic carbocycles. The smallest absolute Gasteiger partial charge is 0.389 e. The van der Waals surface area contributed by atoms with Crippen molar-refractivity contribution in [3.8, 4) is 0 Å². The number of likely N-dealkylation sites (N-methyl/N-ethyl adjacent to an activating group) is 1. The molecule has 0 unspecified atom stereocenters. The van der Waals surface area contributed by atoms with Crippen molar-refractivity contribution in [2.24, 2.45) is 7.05 Å². The number of amides is 1. The maximum absolute atomic E-state index is 12.7. The molecular weight excluding hydrogens is 263 g/mol. The Balaban J connectivity index is 3.07. The van der Waals surface area contributed by atoms with Gasteiger partial charge < -0.3 is 10.0 Å². The van der Waals surface area contributed by atoms with Crippen LogP contribution in [0, 0.1) is 0 Å². The van der Waals surface area contributed by atoms with Gasteiger partial charge in [0.1, 0.15) is 0 Å². The van der Waals surface area contributed by atoms with Gasteiger partial charge in [-0.3, -0.25) is 9.48 Å². The van der Waals surface area contributed by atoms with Gasteiger partial charge >= 0.3 is 6.18 Å². The fourth-order valence-electron chi connectivity index (χ4n) is 1.71. The van der Waals surface area contributed by atoms with Crippen molar-refractivity contribution in [2.75, 3.05) is 13.6 Å². The minimum atomic E-state index is -4.69. The fraction of sp³-hybridized carbons (Fsp3) is 0.636. The summed E-state index contributed by atoms with van der Waals surface area (Å²) in [7, 11) is 2.63. The standard InChI is InChI=1S/C11H16F3N3O2/c1-10(2,19)6-16(3)9(18)7-5-17(4)15-8(7)11(12,13)14/h5,19H,6H2,1-4H3. The van der Waals surface area contributed by atoms with E-state index in [0.717, 1.165) is 15.8 Å². The van der Waals surface area contributed by atoms with Crippen molar-refractivity contribution in [3.05, 3.63) is 17.5 Å². The van der Waals surface area contributed by atoms with E-state index in [4.69, 9.17) is 0 Å². The van der Waals surface area contributed by atoms with E-state index in [9.17, 15) is 23.1 Å². The van der Waals surface area contributed by atoms with Gasteiger partial charge in [0.2, 0.25) is 0 Å². The van der Waals surface area contributed by atoms with Crippen molar-refractivity contribution in [2.45, 2.75) is 25.6 Å². The lowest BCUT2D eigenvalue weighted by atomic mass is 10.1. The number of rotatable bonds is 3. The second-order valence-corrected chi connectivity index (χ2v) is 5.04. The molecule has 1 aromatic rings. The van der Waals surface area contributed by atoms with Crippen LogP contribution in [-0.2, 0) is 13.2 Å². The lowest BCUT2D eigenvalue weighted by molar-refractivity contribution is -0.141. The van der Waals surface area contributed by atoms with Crippen LogP contribution in [0.3, 0.4) is 0 Å². The number of halogens is 3. The zero-order chi connectivity index (χ0) is 15.0. The highest BCUT2D eigenvalue weighted by atomic mass is 19.4. The predicted molar refractivity (Wildman–Crippen MR) is 61.5 cm³/mol. The quantitative estimate of drug-likeness (QED) is 0.906. The van der Waals surface area contributed by atoms with Crippen molar-refractivity contribution >= 4 is 5.91 Å². The number of alkyl halides is 3. The zero-order valence-electron chi connectivity index (χ0n) is 11.1. The lowest BCUT2D eigenvalue weighted by Gasteiger charge is -2.25. The van der Waals surface area contributed by atoms with Gasteiger partial charge in [0.25, 0.3) is 5.91 Å². The first kappa shape index (κ1) is 15.5. The molecular formula is C11H16F3N3O2. The van der Waals surface area contributed by atoms with Gasteiger partial charge in [-0.2, -0.15) is 18.3 Å². The molecule has 108 valence electrons. The minimum absolute atomic E-state index is 0.0853. The summed E-state index contributed by atoms with van der Waals surface area (Å²) >= 11 is 0. The van der Waals surface area contributed by atoms with Crippen LogP contribution in [0.25, 0.3) is 0 Å². The zero-order valence-corrected chi connectivity index (χ0v) is 11.1. The Kier molecular flexibility index (Phi) is 3.94. The lowest BCUT2D eigenvalue weighted by Crippen LogP contribution is -2.40. The average molecular weight is 279 g/mol. The van der Waals surface area contributed by atoms with E-state index >= 15 is 0 Å². The Hall–Kier alpha value is -1.57. The fourth-order valence-corrected chi connectivity index (χ4v) is 1.71. The van der Waals surface area contributed by atoms with Gasteiger partial charge in [-0.25, -0.2) is 0 Å². The van der Waals surface area contributed by atoms with Gasteiger partial charge in [-0.1, -0.05) is 0 Å². The Labute approximate surface area is 108 Å². The molecule has 0 aliphatic rings. The Bertz CT molecular complexity index is 475. The predicted octanol–water partition coefficient (Wildman–Crippen LogP) is 1.28. The highest BCUT2D eigenvalue weighted by Crippen LogP contribution is 2.31. The SMILES string of the molecule is CN(CC(C)(C)O)C(=O)c1cn(C)nc1C(F)(F)F. The number of carbonyl (C=O) groups excluding carboxylic acids is 1. The summed E-state index contributed by atoms with van der Waals surface area (Å²) in [5.41, 5.74) is -2.94. The van der Waals surface area contributed by atoms with Gasteiger partial charge in [0.05, 0.1) is 11.2 Å². The van der Waals surface area contributed by atoms with Gasteiger partial charge in [-0.15, -0.1) is 0 Å². The van der Waals surface area contributed by atoms with Crippen LogP contribution in [0.15, 0.2) is 6.20 Å². The Morgan fingerprint density at radius 3 is 2.42 bits per heavy atom. The first-order chi connectivity index (χ1) is 8.42. The Morgan fingerprint density at radius 1 is 1.47 bits per heavy atom. The largest absolute Gasteiger partial charge is 0.435 e. The van der Waals surface area contributed by atoms with Gasteiger partial charge in [0.15, 0.2) is 5.69 Å². The summed E-state index contributed by atoms with van der Waals surface area (Å²) in [4.78, 5) is 13.0. The molecule has 0 saturated heterocycles. The van der Waals surface area contributed by atoms with E-state index in [1.54, 1.807) is 0 Å². The first-order valence-electron chi connectivity index (χ1n) is 5.50. The first-order valence-corrected chi connectivity index (χ1v) is 5.50. The summed E-state index contributed by atoms with van der Waals surface area (Å²) in [5.74, 6) is -0.831. The van der Waals surface area contributed by atoms with Crippen molar-refractivity contribution in [3.63, 3.8) is 0 Å². The van der Waals surface area contributed by atoms with E-state index in [1.165, 1.54) is 27.9 Å². The van der Waals surface area contributed by atoms with Gasteiger partial charge in [0, 0.05) is 26.8 Å². The monoisotopic (exact) mass is 279 g/mol. The highest BCUT2D eigenvalue weighted by molar-refractivity contribution is 5.95. The number of aromatic nitrogens is 2. The molecule has 1 N–H and O–H groups in total. The molecule has 0 atom stereocenters. The van der Waals surface area contributed by atoms with Crippen LogP contribution in [-0.4, -0.2) is 44.9 Å². The van der Waals surface area contributed by atoms with E-state index < -0.39 is 28.9 Å². The molecule has 0 fully saturated rings. The molecule has 0 bridgehead atoms. The third-order valence-corrected chi connectivity index (χ3v) is 2.30. The third-order valence-electron chi connectivity index (χ3n) is 2.30. The topological polar surface area (TPSA) is 58.4 Å². The average Bonchev–Trinajstić information content (AvgIpc) is 2.55. The molecule has 0 spiro atoms. The van der Waals surface area contributed by atoms with E-state index in [0.29, 0.717) is 0 Å². The maximum Gasteiger partial charge on any atom is 0.435 e. The van der Waals surface area contributed by atoms with Gasteiger partial charge in [-0.05, 0) is 13.8 Å². The number of carbonyl (C=O) groups is 1. The third kappa shape index (κ3) is 3.95. The molecule has 0 saturated carbocycles.